The molecule has 5 heterocycles. The number of nitrogens with zero attached hydrogens (tertiary/aromatic N) is 2. The predicted octanol–water partition coefficient (Wildman–Crippen LogP) is -0.835. The minimum absolute atomic E-state index is 0.0243. The summed E-state index contributed by atoms with van der Waals surface area (Å²) in [4.78, 5) is 41.7. The Hall–Kier alpha value is -0.460. The third-order valence-electron chi connectivity index (χ3n) is 8.23. The lowest BCUT2D eigenvalue weighted by molar-refractivity contribution is -0.170. The van der Waals surface area contributed by atoms with E-state index in [1.54, 1.807) is 9.80 Å². The van der Waals surface area contributed by atoms with Gasteiger partial charge in [0.25, 0.3) is 11.8 Å². The standard InChI is InChI=1S/C18H20N2O6S3/c21-7-1-10-14(24)12-5(7)3-18(29-28-10)16(26)19-11-6-4-17(19,15(25)20(12)18)27-9(13(6)23)2-8(11)22/h5-6,8-14,22-24H,1-4H2/t5-,6+,8-,9-,10+,11-,12-,13-,14-,17+,18+/m0/s1. The second-order valence-electron chi connectivity index (χ2n) is 9.41. The van der Waals surface area contributed by atoms with Crippen LogP contribution in [0.15, 0.2) is 0 Å². The summed E-state index contributed by atoms with van der Waals surface area (Å²) in [5.41, 5.74) is 0. The number of carbonyl (C=O) groups is 3. The molecule has 0 aromatic rings. The fourth-order valence-corrected chi connectivity index (χ4v) is 12.6. The van der Waals surface area contributed by atoms with Crippen molar-refractivity contribution < 1.29 is 29.7 Å². The third-order valence-corrected chi connectivity index (χ3v) is 13.4. The Balaban J connectivity index is 1.44. The molecule has 2 aliphatic carbocycles. The molecule has 5 saturated heterocycles. The van der Waals surface area contributed by atoms with Gasteiger partial charge in [0.2, 0.25) is 0 Å². The van der Waals surface area contributed by atoms with Crippen LogP contribution in [0.4, 0.5) is 0 Å². The molecule has 29 heavy (non-hydrogen) atoms. The van der Waals surface area contributed by atoms with Crippen molar-refractivity contribution in [3.05, 3.63) is 0 Å². The molecule has 5 aliphatic heterocycles. The van der Waals surface area contributed by atoms with Crippen LogP contribution < -0.4 is 0 Å². The highest BCUT2D eigenvalue weighted by Crippen LogP contribution is 2.68. The Bertz CT molecular complexity index is 888. The first kappa shape index (κ1) is 18.1. The van der Waals surface area contributed by atoms with Crippen molar-refractivity contribution in [2.24, 2.45) is 11.8 Å². The van der Waals surface area contributed by atoms with E-state index in [0.29, 0.717) is 12.8 Å². The molecule has 6 bridgehead atoms. The largest absolute Gasteiger partial charge is 0.392 e. The van der Waals surface area contributed by atoms with Gasteiger partial charge in [-0.3, -0.25) is 14.4 Å². The van der Waals surface area contributed by atoms with E-state index in [1.165, 1.54) is 33.3 Å². The van der Waals surface area contributed by atoms with Crippen LogP contribution in [0.25, 0.3) is 0 Å². The molecule has 2 saturated carbocycles. The van der Waals surface area contributed by atoms with Gasteiger partial charge in [0.05, 0.1) is 35.6 Å². The molecule has 156 valence electrons. The quantitative estimate of drug-likeness (QED) is 0.401. The van der Waals surface area contributed by atoms with Crippen LogP contribution in [0.5, 0.6) is 0 Å². The van der Waals surface area contributed by atoms with Gasteiger partial charge in [-0.05, 0) is 12.8 Å². The summed E-state index contributed by atoms with van der Waals surface area (Å²) in [5, 5.41) is 31.9. The number of ketones is 1. The highest BCUT2D eigenvalue weighted by atomic mass is 33.1. The van der Waals surface area contributed by atoms with Gasteiger partial charge in [-0.15, -0.1) is 11.8 Å². The average Bonchev–Trinajstić information content (AvgIpc) is 3.11. The van der Waals surface area contributed by atoms with Gasteiger partial charge < -0.3 is 25.1 Å². The number of aliphatic hydroxyl groups is 3. The molecule has 0 radical (unpaired) electrons. The lowest BCUT2D eigenvalue weighted by Crippen LogP contribution is -2.74. The summed E-state index contributed by atoms with van der Waals surface area (Å²) in [6.07, 6.45) is -1.09. The van der Waals surface area contributed by atoms with E-state index >= 15 is 0 Å². The van der Waals surface area contributed by atoms with Crippen molar-refractivity contribution in [3.63, 3.8) is 0 Å². The Labute approximate surface area is 178 Å². The number of Topliss-reactive ketones (excluding diaryl/α,β-unsaturated/α-hetero) is 1. The molecule has 2 amide bonds. The summed E-state index contributed by atoms with van der Waals surface area (Å²) >= 11 is 1.30. The van der Waals surface area contributed by atoms with Gasteiger partial charge >= 0.3 is 0 Å². The van der Waals surface area contributed by atoms with Crippen molar-refractivity contribution in [1.82, 2.24) is 9.80 Å². The van der Waals surface area contributed by atoms with Gasteiger partial charge in [-0.25, -0.2) is 0 Å². The maximum absolute atomic E-state index is 14.1. The topological polar surface area (TPSA) is 118 Å². The average molecular weight is 457 g/mol. The minimum Gasteiger partial charge on any atom is -0.392 e. The number of thioether (sulfide) groups is 1. The summed E-state index contributed by atoms with van der Waals surface area (Å²) in [5.74, 6) is -1.28. The van der Waals surface area contributed by atoms with E-state index in [1.807, 2.05) is 0 Å². The lowest BCUT2D eigenvalue weighted by Gasteiger charge is -2.53. The number of aliphatic hydroxyl groups excluding tert-OH is 3. The second-order valence-corrected chi connectivity index (χ2v) is 13.6. The zero-order valence-corrected chi connectivity index (χ0v) is 17.7. The number of carbonyl (C=O) groups excluding carboxylic acids is 3. The molecular formula is C18H20N2O6S3. The minimum atomic E-state index is -1.21. The first-order valence-corrected chi connectivity index (χ1v) is 13.2. The normalized spacial score (nSPS) is 59.3. The highest BCUT2D eigenvalue weighted by Gasteiger charge is 2.79. The summed E-state index contributed by atoms with van der Waals surface area (Å²) < 4.78 is 0. The van der Waals surface area contributed by atoms with E-state index in [0.717, 1.165) is 0 Å². The number of piperazine rings is 1. The third kappa shape index (κ3) is 1.78. The van der Waals surface area contributed by atoms with Crippen molar-refractivity contribution in [2.75, 3.05) is 0 Å². The number of rotatable bonds is 0. The van der Waals surface area contributed by atoms with Crippen LogP contribution >= 0.6 is 33.3 Å². The summed E-state index contributed by atoms with van der Waals surface area (Å²) in [7, 11) is 2.65. The summed E-state index contributed by atoms with van der Waals surface area (Å²) in [6.45, 7) is 0. The second kappa shape index (κ2) is 5.29. The van der Waals surface area contributed by atoms with Crippen LogP contribution in [-0.4, -0.2) is 93.4 Å². The molecule has 11 heteroatoms. The van der Waals surface area contributed by atoms with E-state index < -0.39 is 46.1 Å². The molecule has 0 aromatic heterocycles. The van der Waals surface area contributed by atoms with E-state index in [2.05, 4.69) is 0 Å². The van der Waals surface area contributed by atoms with Gasteiger partial charge in [0.1, 0.15) is 5.78 Å². The Morgan fingerprint density at radius 3 is 2.41 bits per heavy atom. The predicted molar refractivity (Wildman–Crippen MR) is 106 cm³/mol. The SMILES string of the molecule is O=C1C[C@H]2SS[C@@]34C[C@@H]1[C@@H]([C@H]2O)N3C(=O)[C@]12C[C@H]3[C@H](O)[C@H](C[C@H](O)[C@H]3N1C4=O)S2. The maximum Gasteiger partial charge on any atom is 0.261 e. The van der Waals surface area contributed by atoms with E-state index in [9.17, 15) is 29.7 Å². The maximum atomic E-state index is 14.1. The molecule has 0 unspecified atom stereocenters. The molecule has 3 N–H and O–H groups in total. The van der Waals surface area contributed by atoms with Gasteiger partial charge in [-0.1, -0.05) is 21.6 Å². The molecule has 11 atom stereocenters. The van der Waals surface area contributed by atoms with Crippen molar-refractivity contribution in [3.8, 4) is 0 Å². The molecule has 8 nitrogen and oxygen atoms in total. The van der Waals surface area contributed by atoms with Gasteiger partial charge in [-0.2, -0.15) is 0 Å². The zero-order valence-electron chi connectivity index (χ0n) is 15.2. The number of amides is 2. The van der Waals surface area contributed by atoms with Crippen molar-refractivity contribution >= 4 is 50.9 Å². The van der Waals surface area contributed by atoms with Crippen LogP contribution in [0.3, 0.4) is 0 Å². The Morgan fingerprint density at radius 2 is 1.62 bits per heavy atom. The summed E-state index contributed by atoms with van der Waals surface area (Å²) in [6, 6.07) is -1.24. The van der Waals surface area contributed by atoms with Crippen LogP contribution in [0.1, 0.15) is 25.7 Å². The lowest BCUT2D eigenvalue weighted by atomic mass is 9.79. The van der Waals surface area contributed by atoms with E-state index in [-0.39, 0.29) is 46.9 Å². The van der Waals surface area contributed by atoms with Crippen LogP contribution in [0.2, 0.25) is 0 Å². The number of fused-ring (bicyclic) bond motifs is 3. The zero-order chi connectivity index (χ0) is 20.0. The molecular weight excluding hydrogens is 436 g/mol. The molecule has 7 rings (SSSR count). The van der Waals surface area contributed by atoms with Crippen LogP contribution in [0, 0.1) is 11.8 Å². The smallest absolute Gasteiger partial charge is 0.261 e. The van der Waals surface area contributed by atoms with E-state index in [4.69, 9.17) is 0 Å². The molecule has 7 fully saturated rings. The fraction of sp³-hybridized carbons (Fsp3) is 0.833. The number of hydrogen-bond donors (Lipinski definition) is 3. The van der Waals surface area contributed by atoms with Crippen molar-refractivity contribution in [1.29, 1.82) is 0 Å². The Morgan fingerprint density at radius 1 is 0.897 bits per heavy atom. The fourth-order valence-electron chi connectivity index (χ4n) is 7.09. The Kier molecular flexibility index (Phi) is 3.31. The highest BCUT2D eigenvalue weighted by molar-refractivity contribution is 8.77. The van der Waals surface area contributed by atoms with Crippen LogP contribution in [-0.2, 0) is 14.4 Å². The molecule has 0 aromatic carbocycles. The molecule has 1 spiro atoms. The monoisotopic (exact) mass is 456 g/mol. The van der Waals surface area contributed by atoms with Crippen molar-refractivity contribution in [2.45, 2.75) is 76.3 Å². The first-order chi connectivity index (χ1) is 13.8. The number of hydrogen-bond acceptors (Lipinski definition) is 9. The first-order valence-electron chi connectivity index (χ1n) is 10.1. The van der Waals surface area contributed by atoms with Gasteiger partial charge in [0, 0.05) is 29.9 Å². The molecule has 7 aliphatic rings. The van der Waals surface area contributed by atoms with Gasteiger partial charge in [0.15, 0.2) is 9.74 Å².